The number of morpholine rings is 1. The van der Waals surface area contributed by atoms with E-state index in [-0.39, 0.29) is 24.0 Å². The van der Waals surface area contributed by atoms with Crippen LogP contribution < -0.4 is 11.1 Å². The molecule has 5 nitrogen and oxygen atoms in total. The number of benzene rings is 1. The van der Waals surface area contributed by atoms with Crippen molar-refractivity contribution in [2.24, 2.45) is 10.7 Å². The van der Waals surface area contributed by atoms with Gasteiger partial charge in [-0.2, -0.15) is 0 Å². The third kappa shape index (κ3) is 9.19. The van der Waals surface area contributed by atoms with Crippen molar-refractivity contribution in [3.63, 3.8) is 0 Å². The molecule has 0 aromatic heterocycles. The lowest BCUT2D eigenvalue weighted by Crippen LogP contribution is -2.39. The van der Waals surface area contributed by atoms with E-state index in [2.05, 4.69) is 53.3 Å². The Hall–Kier alpha value is -0.860. The van der Waals surface area contributed by atoms with Gasteiger partial charge in [0.05, 0.1) is 13.2 Å². The van der Waals surface area contributed by atoms with Gasteiger partial charge in [0.2, 0.25) is 0 Å². The standard InChI is InChI=1S/C20H34N4O.HI/c1-17(2)19-8-6-18(7-9-19)5-3-10-22-20(21)23-11-4-12-24-13-15-25-16-14-24;/h6-9,17H,3-5,10-16H2,1-2H3,(H3,21,22,23);1H. The quantitative estimate of drug-likeness (QED) is 0.250. The third-order valence-corrected chi connectivity index (χ3v) is 4.61. The first-order valence-corrected chi connectivity index (χ1v) is 9.58. The number of ether oxygens (including phenoxy) is 1. The zero-order chi connectivity index (χ0) is 17.9. The minimum absolute atomic E-state index is 0. The number of aryl methyl sites for hydroxylation is 1. The summed E-state index contributed by atoms with van der Waals surface area (Å²) < 4.78 is 5.35. The summed E-state index contributed by atoms with van der Waals surface area (Å²) in [5.74, 6) is 1.16. The number of aliphatic imine (C=N–C) groups is 1. The molecule has 0 spiro atoms. The number of nitrogens with zero attached hydrogens (tertiary/aromatic N) is 2. The number of rotatable bonds is 9. The molecule has 1 saturated heterocycles. The lowest BCUT2D eigenvalue weighted by atomic mass is 10.0. The van der Waals surface area contributed by atoms with Crippen LogP contribution >= 0.6 is 24.0 Å². The minimum atomic E-state index is 0. The van der Waals surface area contributed by atoms with Gasteiger partial charge in [-0.15, -0.1) is 24.0 Å². The molecule has 0 atom stereocenters. The maximum atomic E-state index is 5.93. The Bertz CT molecular complexity index is 513. The highest BCUT2D eigenvalue weighted by Gasteiger charge is 2.08. The topological polar surface area (TPSA) is 62.9 Å². The maximum absolute atomic E-state index is 5.93. The van der Waals surface area contributed by atoms with Gasteiger partial charge in [0, 0.05) is 26.2 Å². The molecular formula is C20H35IN4O. The monoisotopic (exact) mass is 474 g/mol. The molecule has 1 aromatic carbocycles. The lowest BCUT2D eigenvalue weighted by molar-refractivity contribution is 0.0376. The number of halogens is 1. The van der Waals surface area contributed by atoms with Gasteiger partial charge in [0.25, 0.3) is 0 Å². The van der Waals surface area contributed by atoms with Crippen molar-refractivity contribution < 1.29 is 4.74 Å². The molecule has 0 saturated carbocycles. The highest BCUT2D eigenvalue weighted by molar-refractivity contribution is 14.0. The maximum Gasteiger partial charge on any atom is 0.188 e. The summed E-state index contributed by atoms with van der Waals surface area (Å²) in [6, 6.07) is 8.92. The molecule has 1 fully saturated rings. The zero-order valence-corrected chi connectivity index (χ0v) is 18.6. The van der Waals surface area contributed by atoms with Crippen LogP contribution in [0.5, 0.6) is 0 Å². The minimum Gasteiger partial charge on any atom is -0.379 e. The fourth-order valence-electron chi connectivity index (χ4n) is 2.95. The Kier molecular flexibility index (Phi) is 11.9. The Balaban J connectivity index is 0.00000338. The number of nitrogens with two attached hydrogens (primary N) is 1. The Morgan fingerprint density at radius 1 is 1.19 bits per heavy atom. The highest BCUT2D eigenvalue weighted by atomic mass is 127. The molecule has 0 amide bonds. The van der Waals surface area contributed by atoms with Crippen LogP contribution in [0.1, 0.15) is 43.7 Å². The summed E-state index contributed by atoms with van der Waals surface area (Å²) in [5.41, 5.74) is 8.70. The fraction of sp³-hybridized carbons (Fsp3) is 0.650. The van der Waals surface area contributed by atoms with Gasteiger partial charge < -0.3 is 15.8 Å². The molecule has 2 rings (SSSR count). The van der Waals surface area contributed by atoms with Crippen LogP contribution in [-0.2, 0) is 11.2 Å². The van der Waals surface area contributed by atoms with Crippen molar-refractivity contribution in [2.45, 2.75) is 39.0 Å². The lowest BCUT2D eigenvalue weighted by Gasteiger charge is -2.26. The molecule has 0 bridgehead atoms. The molecule has 1 aliphatic heterocycles. The van der Waals surface area contributed by atoms with Crippen molar-refractivity contribution >= 4 is 29.9 Å². The number of hydrogen-bond donors (Lipinski definition) is 2. The molecule has 1 aromatic rings. The first-order chi connectivity index (χ1) is 12.1. The predicted molar refractivity (Wildman–Crippen MR) is 121 cm³/mol. The van der Waals surface area contributed by atoms with E-state index in [1.54, 1.807) is 0 Å². The Morgan fingerprint density at radius 3 is 2.54 bits per heavy atom. The molecule has 6 heteroatoms. The van der Waals surface area contributed by atoms with Crippen LogP contribution in [0.3, 0.4) is 0 Å². The Morgan fingerprint density at radius 2 is 1.88 bits per heavy atom. The van der Waals surface area contributed by atoms with Gasteiger partial charge >= 0.3 is 0 Å². The first kappa shape index (κ1) is 23.2. The molecule has 0 radical (unpaired) electrons. The van der Waals surface area contributed by atoms with Crippen molar-refractivity contribution in [2.75, 3.05) is 45.9 Å². The summed E-state index contributed by atoms with van der Waals surface area (Å²) in [5, 5.41) is 3.21. The van der Waals surface area contributed by atoms with E-state index in [9.17, 15) is 0 Å². The van der Waals surface area contributed by atoms with Crippen LogP contribution in [0.2, 0.25) is 0 Å². The molecule has 26 heavy (non-hydrogen) atoms. The van der Waals surface area contributed by atoms with Gasteiger partial charge in [-0.3, -0.25) is 9.89 Å². The fourth-order valence-corrected chi connectivity index (χ4v) is 2.95. The first-order valence-electron chi connectivity index (χ1n) is 9.58. The molecule has 3 N–H and O–H groups in total. The van der Waals surface area contributed by atoms with Gasteiger partial charge in [0.15, 0.2) is 5.96 Å². The van der Waals surface area contributed by atoms with Crippen molar-refractivity contribution in [1.82, 2.24) is 10.2 Å². The van der Waals surface area contributed by atoms with E-state index in [1.165, 1.54) is 11.1 Å². The normalized spacial score (nSPS) is 15.7. The van der Waals surface area contributed by atoms with Gasteiger partial charge in [0.1, 0.15) is 0 Å². The second kappa shape index (κ2) is 13.3. The zero-order valence-electron chi connectivity index (χ0n) is 16.2. The largest absolute Gasteiger partial charge is 0.379 e. The van der Waals surface area contributed by atoms with Crippen LogP contribution in [0.25, 0.3) is 0 Å². The third-order valence-electron chi connectivity index (χ3n) is 4.61. The second-order valence-electron chi connectivity index (χ2n) is 7.00. The average Bonchev–Trinajstić information content (AvgIpc) is 2.63. The van der Waals surface area contributed by atoms with Crippen molar-refractivity contribution in [3.05, 3.63) is 35.4 Å². The van der Waals surface area contributed by atoms with E-state index in [0.29, 0.717) is 11.9 Å². The molecule has 148 valence electrons. The summed E-state index contributed by atoms with van der Waals surface area (Å²) >= 11 is 0. The number of nitrogens with one attached hydrogen (secondary N) is 1. The summed E-state index contributed by atoms with van der Waals surface area (Å²) in [7, 11) is 0. The molecule has 0 aliphatic carbocycles. The van der Waals surface area contributed by atoms with E-state index in [1.807, 2.05) is 0 Å². The van der Waals surface area contributed by atoms with E-state index >= 15 is 0 Å². The highest BCUT2D eigenvalue weighted by Crippen LogP contribution is 2.15. The van der Waals surface area contributed by atoms with Crippen LogP contribution in [0.4, 0.5) is 0 Å². The van der Waals surface area contributed by atoms with E-state index < -0.39 is 0 Å². The van der Waals surface area contributed by atoms with Crippen molar-refractivity contribution in [1.29, 1.82) is 0 Å². The van der Waals surface area contributed by atoms with Gasteiger partial charge in [-0.1, -0.05) is 38.1 Å². The van der Waals surface area contributed by atoms with E-state index in [0.717, 1.165) is 65.2 Å². The SMILES string of the molecule is CC(C)c1ccc(CCCN=C(N)NCCCN2CCOCC2)cc1.I. The van der Waals surface area contributed by atoms with Gasteiger partial charge in [-0.05, 0) is 42.9 Å². The average molecular weight is 474 g/mol. The van der Waals surface area contributed by atoms with Gasteiger partial charge in [-0.25, -0.2) is 0 Å². The molecule has 0 unspecified atom stereocenters. The number of hydrogen-bond acceptors (Lipinski definition) is 3. The summed E-state index contributed by atoms with van der Waals surface area (Å²) in [6.07, 6.45) is 3.15. The predicted octanol–water partition coefficient (Wildman–Crippen LogP) is 2.99. The molecular weight excluding hydrogens is 439 g/mol. The second-order valence-corrected chi connectivity index (χ2v) is 7.00. The summed E-state index contributed by atoms with van der Waals surface area (Å²) in [6.45, 7) is 11.0. The Labute approximate surface area is 175 Å². The van der Waals surface area contributed by atoms with Crippen molar-refractivity contribution in [3.8, 4) is 0 Å². The number of guanidine groups is 1. The molecule has 1 heterocycles. The van der Waals surface area contributed by atoms with Crippen LogP contribution in [-0.4, -0.2) is 56.8 Å². The summed E-state index contributed by atoms with van der Waals surface area (Å²) in [4.78, 5) is 6.85. The smallest absolute Gasteiger partial charge is 0.188 e. The van der Waals surface area contributed by atoms with Crippen LogP contribution in [0, 0.1) is 0 Å². The van der Waals surface area contributed by atoms with Crippen LogP contribution in [0.15, 0.2) is 29.3 Å². The molecule has 1 aliphatic rings. The van der Waals surface area contributed by atoms with E-state index in [4.69, 9.17) is 10.5 Å².